The number of anilines is 1. The minimum absolute atomic E-state index is 0.412. The van der Waals surface area contributed by atoms with E-state index >= 15 is 0 Å². The molecule has 2 heterocycles. The van der Waals surface area contributed by atoms with Crippen molar-refractivity contribution in [1.29, 1.82) is 5.26 Å². The van der Waals surface area contributed by atoms with Crippen molar-refractivity contribution in [2.24, 2.45) is 0 Å². The fourth-order valence-corrected chi connectivity index (χ4v) is 2.79. The summed E-state index contributed by atoms with van der Waals surface area (Å²) >= 11 is 0. The van der Waals surface area contributed by atoms with Gasteiger partial charge in [-0.3, -0.25) is 4.90 Å². The molecule has 22 heavy (non-hydrogen) atoms. The minimum Gasteiger partial charge on any atom is -0.352 e. The van der Waals surface area contributed by atoms with Crippen LogP contribution in [0.15, 0.2) is 36.7 Å². The summed E-state index contributed by atoms with van der Waals surface area (Å²) in [5, 5.41) is 9.14. The van der Waals surface area contributed by atoms with Crippen LogP contribution in [-0.4, -0.2) is 41.0 Å². The van der Waals surface area contributed by atoms with Crippen LogP contribution in [0.3, 0.4) is 0 Å². The predicted octanol–water partition coefficient (Wildman–Crippen LogP) is 1.98. The number of nitrogens with zero attached hydrogens (tertiary/aromatic N) is 5. The summed E-state index contributed by atoms with van der Waals surface area (Å²) in [5.74, 6) is 0.709. The number of aromatic nitrogens is 2. The SMILES string of the molecule is Cc1ccccc1CN1CCN(c2nccnc2C#N)CC1. The van der Waals surface area contributed by atoms with Gasteiger partial charge < -0.3 is 4.90 Å². The third kappa shape index (κ3) is 3.07. The quantitative estimate of drug-likeness (QED) is 0.866. The molecule has 0 radical (unpaired) electrons. The van der Waals surface area contributed by atoms with E-state index in [0.29, 0.717) is 11.5 Å². The van der Waals surface area contributed by atoms with E-state index in [9.17, 15) is 0 Å². The molecule has 1 aromatic carbocycles. The van der Waals surface area contributed by atoms with E-state index in [1.54, 1.807) is 12.4 Å². The molecule has 0 N–H and O–H groups in total. The van der Waals surface area contributed by atoms with Crippen molar-refractivity contribution in [2.45, 2.75) is 13.5 Å². The summed E-state index contributed by atoms with van der Waals surface area (Å²) in [6.07, 6.45) is 3.21. The molecular formula is C17H19N5. The monoisotopic (exact) mass is 293 g/mol. The minimum atomic E-state index is 0.412. The molecule has 5 nitrogen and oxygen atoms in total. The number of benzene rings is 1. The Labute approximate surface area is 130 Å². The maximum absolute atomic E-state index is 9.14. The second-order valence-electron chi connectivity index (χ2n) is 5.53. The summed E-state index contributed by atoms with van der Waals surface area (Å²) < 4.78 is 0. The van der Waals surface area contributed by atoms with Crippen LogP contribution in [0, 0.1) is 18.3 Å². The van der Waals surface area contributed by atoms with Gasteiger partial charge in [0, 0.05) is 45.1 Å². The molecule has 1 fully saturated rings. The third-order valence-corrected chi connectivity index (χ3v) is 4.11. The molecule has 1 aromatic heterocycles. The van der Waals surface area contributed by atoms with E-state index in [-0.39, 0.29) is 0 Å². The van der Waals surface area contributed by atoms with Gasteiger partial charge in [-0.25, -0.2) is 9.97 Å². The van der Waals surface area contributed by atoms with E-state index in [0.717, 1.165) is 32.7 Å². The van der Waals surface area contributed by atoms with Crippen molar-refractivity contribution in [1.82, 2.24) is 14.9 Å². The van der Waals surface area contributed by atoms with Gasteiger partial charge in [0.05, 0.1) is 0 Å². The summed E-state index contributed by atoms with van der Waals surface area (Å²) in [6, 6.07) is 10.6. The van der Waals surface area contributed by atoms with Gasteiger partial charge in [-0.2, -0.15) is 5.26 Å². The highest BCUT2D eigenvalue weighted by molar-refractivity contribution is 5.49. The highest BCUT2D eigenvalue weighted by Gasteiger charge is 2.20. The largest absolute Gasteiger partial charge is 0.352 e. The molecule has 0 saturated carbocycles. The number of piperazine rings is 1. The van der Waals surface area contributed by atoms with Crippen molar-refractivity contribution in [2.75, 3.05) is 31.1 Å². The third-order valence-electron chi connectivity index (χ3n) is 4.11. The lowest BCUT2D eigenvalue weighted by molar-refractivity contribution is 0.249. The molecular weight excluding hydrogens is 274 g/mol. The van der Waals surface area contributed by atoms with Crippen LogP contribution in [0.25, 0.3) is 0 Å². The van der Waals surface area contributed by atoms with E-state index in [1.165, 1.54) is 11.1 Å². The molecule has 1 aliphatic rings. The van der Waals surface area contributed by atoms with E-state index in [1.807, 2.05) is 0 Å². The first-order chi connectivity index (χ1) is 10.8. The molecule has 0 atom stereocenters. The Morgan fingerprint density at radius 2 is 1.82 bits per heavy atom. The van der Waals surface area contributed by atoms with Crippen LogP contribution in [0.4, 0.5) is 5.82 Å². The Kier molecular flexibility index (Phi) is 4.31. The van der Waals surface area contributed by atoms with E-state index in [4.69, 9.17) is 5.26 Å². The molecule has 1 aliphatic heterocycles. The molecule has 0 spiro atoms. The van der Waals surface area contributed by atoms with Gasteiger partial charge in [-0.05, 0) is 18.1 Å². The topological polar surface area (TPSA) is 56.1 Å². The van der Waals surface area contributed by atoms with Crippen LogP contribution in [0.2, 0.25) is 0 Å². The van der Waals surface area contributed by atoms with Crippen molar-refractivity contribution >= 4 is 5.82 Å². The fourth-order valence-electron chi connectivity index (χ4n) is 2.79. The Morgan fingerprint density at radius 3 is 2.55 bits per heavy atom. The van der Waals surface area contributed by atoms with Crippen LogP contribution in [-0.2, 0) is 6.54 Å². The zero-order chi connectivity index (χ0) is 15.4. The first-order valence-corrected chi connectivity index (χ1v) is 7.51. The lowest BCUT2D eigenvalue weighted by Gasteiger charge is -2.35. The van der Waals surface area contributed by atoms with Crippen molar-refractivity contribution < 1.29 is 0 Å². The number of hydrogen-bond acceptors (Lipinski definition) is 5. The highest BCUT2D eigenvalue weighted by Crippen LogP contribution is 2.18. The van der Waals surface area contributed by atoms with Gasteiger partial charge in [-0.15, -0.1) is 0 Å². The normalized spacial score (nSPS) is 15.5. The van der Waals surface area contributed by atoms with Crippen molar-refractivity contribution in [3.8, 4) is 6.07 Å². The second-order valence-corrected chi connectivity index (χ2v) is 5.53. The molecule has 0 bridgehead atoms. The lowest BCUT2D eigenvalue weighted by atomic mass is 10.1. The van der Waals surface area contributed by atoms with Gasteiger partial charge in [0.2, 0.25) is 0 Å². The summed E-state index contributed by atoms with van der Waals surface area (Å²) in [5.41, 5.74) is 3.13. The number of rotatable bonds is 3. The smallest absolute Gasteiger partial charge is 0.183 e. The summed E-state index contributed by atoms with van der Waals surface area (Å²) in [4.78, 5) is 13.0. The van der Waals surface area contributed by atoms with Gasteiger partial charge >= 0.3 is 0 Å². The maximum Gasteiger partial charge on any atom is 0.183 e. The van der Waals surface area contributed by atoms with Gasteiger partial charge in [0.25, 0.3) is 0 Å². The summed E-state index contributed by atoms with van der Waals surface area (Å²) in [7, 11) is 0. The van der Waals surface area contributed by atoms with E-state index < -0.39 is 0 Å². The number of nitriles is 1. The Morgan fingerprint density at radius 1 is 1.09 bits per heavy atom. The molecule has 112 valence electrons. The Hall–Kier alpha value is -2.45. The number of hydrogen-bond donors (Lipinski definition) is 0. The zero-order valence-electron chi connectivity index (χ0n) is 12.7. The molecule has 0 amide bonds. The lowest BCUT2D eigenvalue weighted by Crippen LogP contribution is -2.46. The van der Waals surface area contributed by atoms with Crippen LogP contribution in [0.5, 0.6) is 0 Å². The first-order valence-electron chi connectivity index (χ1n) is 7.51. The molecule has 2 aromatic rings. The van der Waals surface area contributed by atoms with Gasteiger partial charge in [0.15, 0.2) is 11.5 Å². The second kappa shape index (κ2) is 6.54. The average Bonchev–Trinajstić information content (AvgIpc) is 2.58. The summed E-state index contributed by atoms with van der Waals surface area (Å²) in [6.45, 7) is 6.82. The maximum atomic E-state index is 9.14. The first kappa shape index (κ1) is 14.5. The van der Waals surface area contributed by atoms with Crippen LogP contribution < -0.4 is 4.90 Å². The Balaban J connectivity index is 1.63. The zero-order valence-corrected chi connectivity index (χ0v) is 12.7. The molecule has 0 unspecified atom stereocenters. The fraction of sp³-hybridized carbons (Fsp3) is 0.353. The highest BCUT2D eigenvalue weighted by atomic mass is 15.3. The molecule has 0 aliphatic carbocycles. The molecule has 5 heteroatoms. The van der Waals surface area contributed by atoms with Crippen LogP contribution in [0.1, 0.15) is 16.8 Å². The van der Waals surface area contributed by atoms with Crippen molar-refractivity contribution in [3.63, 3.8) is 0 Å². The standard InChI is InChI=1S/C17H19N5/c1-14-4-2-3-5-15(14)13-21-8-10-22(11-9-21)17-16(12-18)19-6-7-20-17/h2-7H,8-11,13H2,1H3. The molecule has 3 rings (SSSR count). The van der Waals surface area contributed by atoms with E-state index in [2.05, 4.69) is 57.0 Å². The van der Waals surface area contributed by atoms with Crippen LogP contribution >= 0.6 is 0 Å². The molecule has 1 saturated heterocycles. The van der Waals surface area contributed by atoms with Crippen molar-refractivity contribution in [3.05, 3.63) is 53.5 Å². The average molecular weight is 293 g/mol. The number of aryl methyl sites for hydroxylation is 1. The van der Waals surface area contributed by atoms with Gasteiger partial charge in [0.1, 0.15) is 6.07 Å². The predicted molar refractivity (Wildman–Crippen MR) is 85.4 cm³/mol. The van der Waals surface area contributed by atoms with Gasteiger partial charge in [-0.1, -0.05) is 24.3 Å². The Bertz CT molecular complexity index is 683.